The molecule has 4 heteroatoms. The number of aromatic nitrogens is 1. The highest BCUT2D eigenvalue weighted by Crippen LogP contribution is 2.30. The lowest BCUT2D eigenvalue weighted by Gasteiger charge is -2.14. The summed E-state index contributed by atoms with van der Waals surface area (Å²) in [6.07, 6.45) is -0.706. The molecule has 1 unspecified atom stereocenters. The quantitative estimate of drug-likeness (QED) is 0.933. The SMILES string of the molecule is COc1cccc(C(O)c2csc(C(C)(C)C)n2)c1. The Morgan fingerprint density at radius 3 is 2.63 bits per heavy atom. The molecule has 102 valence electrons. The number of methoxy groups -OCH3 is 1. The molecule has 3 nitrogen and oxygen atoms in total. The summed E-state index contributed by atoms with van der Waals surface area (Å²) in [5.74, 6) is 0.739. The molecule has 0 aliphatic carbocycles. The van der Waals surface area contributed by atoms with Gasteiger partial charge in [0.05, 0.1) is 17.8 Å². The van der Waals surface area contributed by atoms with Crippen molar-refractivity contribution in [2.45, 2.75) is 32.3 Å². The van der Waals surface area contributed by atoms with Gasteiger partial charge in [0.15, 0.2) is 0 Å². The number of hydrogen-bond acceptors (Lipinski definition) is 4. The van der Waals surface area contributed by atoms with E-state index in [2.05, 4.69) is 25.8 Å². The van der Waals surface area contributed by atoms with Crippen molar-refractivity contribution in [3.05, 3.63) is 45.9 Å². The minimum absolute atomic E-state index is 0.0109. The van der Waals surface area contributed by atoms with Gasteiger partial charge in [-0.25, -0.2) is 4.98 Å². The third kappa shape index (κ3) is 3.14. The Kier molecular flexibility index (Phi) is 3.92. The number of aliphatic hydroxyl groups excluding tert-OH is 1. The second-order valence-corrected chi connectivity index (χ2v) is 6.36. The van der Waals surface area contributed by atoms with Gasteiger partial charge in [-0.05, 0) is 17.7 Å². The maximum absolute atomic E-state index is 10.4. The number of benzene rings is 1. The van der Waals surface area contributed by atoms with Crippen LogP contribution < -0.4 is 4.74 Å². The molecule has 0 saturated carbocycles. The molecule has 19 heavy (non-hydrogen) atoms. The Bertz CT molecular complexity index is 557. The topological polar surface area (TPSA) is 42.4 Å². The summed E-state index contributed by atoms with van der Waals surface area (Å²) in [6.45, 7) is 6.36. The molecular weight excluding hydrogens is 258 g/mol. The molecule has 0 spiro atoms. The molecule has 1 atom stereocenters. The van der Waals surface area contributed by atoms with Crippen LogP contribution in [-0.4, -0.2) is 17.2 Å². The molecule has 1 aromatic heterocycles. The van der Waals surface area contributed by atoms with Gasteiger partial charge < -0.3 is 9.84 Å². The van der Waals surface area contributed by atoms with Gasteiger partial charge in [0, 0.05) is 10.8 Å². The van der Waals surface area contributed by atoms with E-state index in [1.807, 2.05) is 29.6 Å². The van der Waals surface area contributed by atoms with Crippen molar-refractivity contribution in [3.8, 4) is 5.75 Å². The Morgan fingerprint density at radius 2 is 2.05 bits per heavy atom. The van der Waals surface area contributed by atoms with Crippen molar-refractivity contribution in [1.82, 2.24) is 4.98 Å². The maximum Gasteiger partial charge on any atom is 0.122 e. The maximum atomic E-state index is 10.4. The van der Waals surface area contributed by atoms with Crippen LogP contribution in [0.5, 0.6) is 5.75 Å². The average Bonchev–Trinajstić information content (AvgIpc) is 2.87. The zero-order valence-electron chi connectivity index (χ0n) is 11.7. The number of aliphatic hydroxyl groups is 1. The predicted molar refractivity (Wildman–Crippen MR) is 77.9 cm³/mol. The van der Waals surface area contributed by atoms with E-state index < -0.39 is 6.10 Å². The molecule has 0 fully saturated rings. The van der Waals surface area contributed by atoms with Crippen LogP contribution in [0, 0.1) is 0 Å². The average molecular weight is 277 g/mol. The summed E-state index contributed by atoms with van der Waals surface area (Å²) in [7, 11) is 1.62. The van der Waals surface area contributed by atoms with E-state index in [4.69, 9.17) is 4.74 Å². The lowest BCUT2D eigenvalue weighted by Crippen LogP contribution is -2.11. The molecule has 1 aromatic carbocycles. The molecule has 0 amide bonds. The summed E-state index contributed by atoms with van der Waals surface area (Å²) >= 11 is 1.59. The fourth-order valence-corrected chi connectivity index (χ4v) is 2.66. The largest absolute Gasteiger partial charge is 0.497 e. The minimum atomic E-state index is -0.706. The molecule has 1 N–H and O–H groups in total. The third-order valence-corrected chi connectivity index (χ3v) is 4.14. The second-order valence-electron chi connectivity index (χ2n) is 5.51. The molecule has 0 bridgehead atoms. The van der Waals surface area contributed by atoms with Crippen LogP contribution in [0.3, 0.4) is 0 Å². The second kappa shape index (κ2) is 5.31. The van der Waals surface area contributed by atoms with E-state index in [0.717, 1.165) is 16.3 Å². The van der Waals surface area contributed by atoms with Crippen LogP contribution in [0.4, 0.5) is 0 Å². The predicted octanol–water partition coefficient (Wildman–Crippen LogP) is 3.53. The Labute approximate surface area is 117 Å². The summed E-state index contributed by atoms with van der Waals surface area (Å²) < 4.78 is 5.17. The highest BCUT2D eigenvalue weighted by Gasteiger charge is 2.21. The number of hydrogen-bond donors (Lipinski definition) is 1. The Morgan fingerprint density at radius 1 is 1.32 bits per heavy atom. The van der Waals surface area contributed by atoms with Crippen molar-refractivity contribution in [1.29, 1.82) is 0 Å². The van der Waals surface area contributed by atoms with E-state index in [-0.39, 0.29) is 5.41 Å². The molecule has 0 aliphatic rings. The normalized spacial score (nSPS) is 13.3. The first-order chi connectivity index (χ1) is 8.91. The number of rotatable bonds is 3. The smallest absolute Gasteiger partial charge is 0.122 e. The molecule has 1 heterocycles. The first-order valence-corrected chi connectivity index (χ1v) is 7.07. The van der Waals surface area contributed by atoms with Crippen molar-refractivity contribution in [3.63, 3.8) is 0 Å². The molecule has 0 radical (unpaired) electrons. The zero-order valence-corrected chi connectivity index (χ0v) is 12.5. The van der Waals surface area contributed by atoms with E-state index in [1.54, 1.807) is 18.4 Å². The monoisotopic (exact) mass is 277 g/mol. The fraction of sp³-hybridized carbons (Fsp3) is 0.400. The lowest BCUT2D eigenvalue weighted by molar-refractivity contribution is 0.215. The summed E-state index contributed by atoms with van der Waals surface area (Å²) in [5.41, 5.74) is 1.50. The number of thiazole rings is 1. The van der Waals surface area contributed by atoms with Gasteiger partial charge in [0.2, 0.25) is 0 Å². The van der Waals surface area contributed by atoms with Crippen LogP contribution in [0.1, 0.15) is 43.1 Å². The van der Waals surface area contributed by atoms with Crippen molar-refractivity contribution in [2.75, 3.05) is 7.11 Å². The van der Waals surface area contributed by atoms with Crippen LogP contribution in [-0.2, 0) is 5.41 Å². The molecule has 0 saturated heterocycles. The summed E-state index contributed by atoms with van der Waals surface area (Å²) in [4.78, 5) is 4.54. The van der Waals surface area contributed by atoms with Gasteiger partial charge >= 0.3 is 0 Å². The van der Waals surface area contributed by atoms with Crippen molar-refractivity contribution in [2.24, 2.45) is 0 Å². The minimum Gasteiger partial charge on any atom is -0.497 e. The van der Waals surface area contributed by atoms with E-state index in [0.29, 0.717) is 5.69 Å². The van der Waals surface area contributed by atoms with E-state index in [1.165, 1.54) is 0 Å². The Balaban J connectivity index is 2.28. The standard InChI is InChI=1S/C15H19NO2S/c1-15(2,3)14-16-12(9-19-14)13(17)10-6-5-7-11(8-10)18-4/h5-9,13,17H,1-4H3. The van der Waals surface area contributed by atoms with Crippen molar-refractivity contribution < 1.29 is 9.84 Å². The summed E-state index contributed by atoms with van der Waals surface area (Å²) in [5, 5.41) is 13.3. The zero-order chi connectivity index (χ0) is 14.0. The molecule has 0 aliphatic heterocycles. The van der Waals surface area contributed by atoms with Crippen LogP contribution in [0.15, 0.2) is 29.6 Å². The van der Waals surface area contributed by atoms with Crippen LogP contribution >= 0.6 is 11.3 Å². The van der Waals surface area contributed by atoms with E-state index >= 15 is 0 Å². The van der Waals surface area contributed by atoms with Gasteiger partial charge in [-0.1, -0.05) is 32.9 Å². The van der Waals surface area contributed by atoms with Gasteiger partial charge in [0.25, 0.3) is 0 Å². The highest BCUT2D eigenvalue weighted by molar-refractivity contribution is 7.09. The van der Waals surface area contributed by atoms with Crippen LogP contribution in [0.2, 0.25) is 0 Å². The third-order valence-electron chi connectivity index (χ3n) is 2.85. The number of nitrogens with zero attached hydrogens (tertiary/aromatic N) is 1. The van der Waals surface area contributed by atoms with Crippen LogP contribution in [0.25, 0.3) is 0 Å². The first kappa shape index (κ1) is 14.0. The highest BCUT2D eigenvalue weighted by atomic mass is 32.1. The van der Waals surface area contributed by atoms with Gasteiger partial charge in [0.1, 0.15) is 11.9 Å². The van der Waals surface area contributed by atoms with Gasteiger partial charge in [-0.2, -0.15) is 0 Å². The molecular formula is C15H19NO2S. The molecule has 2 aromatic rings. The van der Waals surface area contributed by atoms with Crippen molar-refractivity contribution >= 4 is 11.3 Å². The first-order valence-electron chi connectivity index (χ1n) is 6.20. The number of ether oxygens (including phenoxy) is 1. The Hall–Kier alpha value is -1.39. The fourth-order valence-electron chi connectivity index (χ4n) is 1.74. The van der Waals surface area contributed by atoms with Gasteiger partial charge in [-0.15, -0.1) is 11.3 Å². The molecule has 2 rings (SSSR count). The van der Waals surface area contributed by atoms with E-state index in [9.17, 15) is 5.11 Å². The van der Waals surface area contributed by atoms with Gasteiger partial charge in [-0.3, -0.25) is 0 Å². The lowest BCUT2D eigenvalue weighted by atomic mass is 9.98. The summed E-state index contributed by atoms with van der Waals surface area (Å²) in [6, 6.07) is 7.44.